The van der Waals surface area contributed by atoms with Crippen LogP contribution in [0.3, 0.4) is 0 Å². The predicted molar refractivity (Wildman–Crippen MR) is 89.9 cm³/mol. The van der Waals surface area contributed by atoms with Crippen molar-refractivity contribution in [1.29, 1.82) is 0 Å². The van der Waals surface area contributed by atoms with Gasteiger partial charge in [-0.3, -0.25) is 0 Å². The van der Waals surface area contributed by atoms with Crippen LogP contribution in [-0.2, 0) is 10.0 Å². The van der Waals surface area contributed by atoms with Crippen molar-refractivity contribution in [3.05, 3.63) is 54.1 Å². The van der Waals surface area contributed by atoms with E-state index in [1.807, 2.05) is 0 Å². The standard InChI is InChI=1S/C16H17F2NO3S2/c1-19(2)24(20,21)14-6-4-13(5-7-14)22-9-10-23-16-8-3-12(17)11-15(16)18/h3-8,11H,9-10H2,1-2H3. The second-order valence-electron chi connectivity index (χ2n) is 5.03. The number of thioether (sulfide) groups is 1. The second kappa shape index (κ2) is 7.96. The fourth-order valence-electron chi connectivity index (χ4n) is 1.82. The van der Waals surface area contributed by atoms with Crippen LogP contribution in [-0.4, -0.2) is 39.2 Å². The Hall–Kier alpha value is -1.64. The van der Waals surface area contributed by atoms with Gasteiger partial charge in [-0.2, -0.15) is 0 Å². The Morgan fingerprint density at radius 1 is 1.08 bits per heavy atom. The fourth-order valence-corrected chi connectivity index (χ4v) is 3.47. The van der Waals surface area contributed by atoms with Gasteiger partial charge in [-0.25, -0.2) is 21.5 Å². The molecule has 4 nitrogen and oxygen atoms in total. The first-order chi connectivity index (χ1) is 11.3. The summed E-state index contributed by atoms with van der Waals surface area (Å²) in [5, 5.41) is 0. The Morgan fingerprint density at radius 3 is 2.33 bits per heavy atom. The van der Waals surface area contributed by atoms with Crippen LogP contribution in [0.5, 0.6) is 5.75 Å². The molecule has 130 valence electrons. The first-order valence-corrected chi connectivity index (χ1v) is 9.46. The van der Waals surface area contributed by atoms with Crippen LogP contribution >= 0.6 is 11.8 Å². The molecule has 8 heteroatoms. The Bertz CT molecular complexity index is 793. The third-order valence-corrected chi connectivity index (χ3v) is 5.95. The van der Waals surface area contributed by atoms with Crippen LogP contribution in [0.25, 0.3) is 0 Å². The minimum atomic E-state index is -3.46. The van der Waals surface area contributed by atoms with Crippen molar-refractivity contribution in [2.45, 2.75) is 9.79 Å². The summed E-state index contributed by atoms with van der Waals surface area (Å²) >= 11 is 1.22. The van der Waals surface area contributed by atoms with Crippen molar-refractivity contribution in [2.75, 3.05) is 26.5 Å². The number of ether oxygens (including phenoxy) is 1. The highest BCUT2D eigenvalue weighted by atomic mass is 32.2. The molecule has 0 heterocycles. The van der Waals surface area contributed by atoms with E-state index in [0.717, 1.165) is 10.4 Å². The normalized spacial score (nSPS) is 11.7. The summed E-state index contributed by atoms with van der Waals surface area (Å²) in [4.78, 5) is 0.537. The van der Waals surface area contributed by atoms with E-state index < -0.39 is 21.7 Å². The van der Waals surface area contributed by atoms with E-state index in [1.165, 1.54) is 50.1 Å². The lowest BCUT2D eigenvalue weighted by molar-refractivity contribution is 0.343. The Morgan fingerprint density at radius 2 is 1.75 bits per heavy atom. The summed E-state index contributed by atoms with van der Waals surface area (Å²) in [6.45, 7) is 0.307. The minimum absolute atomic E-state index is 0.183. The number of hydrogen-bond donors (Lipinski definition) is 0. The van der Waals surface area contributed by atoms with E-state index >= 15 is 0 Å². The van der Waals surface area contributed by atoms with Gasteiger partial charge >= 0.3 is 0 Å². The molecule has 0 aromatic heterocycles. The van der Waals surface area contributed by atoms with Gasteiger partial charge in [-0.1, -0.05) is 0 Å². The summed E-state index contributed by atoms with van der Waals surface area (Å²) in [5.74, 6) is -0.215. The van der Waals surface area contributed by atoms with Crippen LogP contribution in [0.15, 0.2) is 52.3 Å². The van der Waals surface area contributed by atoms with Crippen molar-refractivity contribution >= 4 is 21.8 Å². The highest BCUT2D eigenvalue weighted by molar-refractivity contribution is 7.99. The zero-order valence-corrected chi connectivity index (χ0v) is 14.8. The van der Waals surface area contributed by atoms with Gasteiger partial charge in [-0.05, 0) is 36.4 Å². The smallest absolute Gasteiger partial charge is 0.242 e. The molecule has 0 fully saturated rings. The molecule has 0 N–H and O–H groups in total. The number of rotatable bonds is 7. The summed E-state index contributed by atoms with van der Waals surface area (Å²) in [5.41, 5.74) is 0. The fraction of sp³-hybridized carbons (Fsp3) is 0.250. The maximum Gasteiger partial charge on any atom is 0.242 e. The minimum Gasteiger partial charge on any atom is -0.493 e. The maximum atomic E-state index is 13.5. The molecule has 0 aliphatic heterocycles. The first kappa shape index (κ1) is 18.7. The quantitative estimate of drug-likeness (QED) is 0.551. The van der Waals surface area contributed by atoms with Gasteiger partial charge in [0.05, 0.1) is 11.5 Å². The lowest BCUT2D eigenvalue weighted by Crippen LogP contribution is -2.22. The molecule has 0 saturated heterocycles. The summed E-state index contributed by atoms with van der Waals surface area (Å²) in [6.07, 6.45) is 0. The third kappa shape index (κ3) is 4.68. The van der Waals surface area contributed by atoms with E-state index in [2.05, 4.69) is 0 Å². The SMILES string of the molecule is CN(C)S(=O)(=O)c1ccc(OCCSc2ccc(F)cc2F)cc1. The number of hydrogen-bond acceptors (Lipinski definition) is 4. The van der Waals surface area contributed by atoms with E-state index in [1.54, 1.807) is 12.1 Å². The van der Waals surface area contributed by atoms with Crippen molar-refractivity contribution in [2.24, 2.45) is 0 Å². The average Bonchev–Trinajstić information content (AvgIpc) is 2.53. The highest BCUT2D eigenvalue weighted by Gasteiger charge is 2.16. The number of halogens is 2. The largest absolute Gasteiger partial charge is 0.493 e. The van der Waals surface area contributed by atoms with Gasteiger partial charge in [-0.15, -0.1) is 11.8 Å². The molecule has 2 aromatic rings. The van der Waals surface area contributed by atoms with Crippen molar-refractivity contribution in [1.82, 2.24) is 4.31 Å². The molecule has 0 aliphatic carbocycles. The Kier molecular flexibility index (Phi) is 6.20. The third-order valence-electron chi connectivity index (χ3n) is 3.11. The predicted octanol–water partition coefficient (Wildman–Crippen LogP) is 3.39. The molecule has 0 amide bonds. The molecule has 2 rings (SSSR count). The zero-order valence-electron chi connectivity index (χ0n) is 13.2. The Labute approximate surface area is 144 Å². The van der Waals surface area contributed by atoms with Crippen LogP contribution in [0, 0.1) is 11.6 Å². The van der Waals surface area contributed by atoms with Gasteiger partial charge in [0, 0.05) is 30.8 Å². The first-order valence-electron chi connectivity index (χ1n) is 7.04. The van der Waals surface area contributed by atoms with Gasteiger partial charge in [0.2, 0.25) is 10.0 Å². The van der Waals surface area contributed by atoms with E-state index in [-0.39, 0.29) is 4.90 Å². The molecule has 0 spiro atoms. The monoisotopic (exact) mass is 373 g/mol. The molecule has 2 aromatic carbocycles. The van der Waals surface area contributed by atoms with Crippen LogP contribution < -0.4 is 4.74 Å². The molecule has 0 aliphatic rings. The molecular weight excluding hydrogens is 356 g/mol. The van der Waals surface area contributed by atoms with Crippen molar-refractivity contribution in [3.8, 4) is 5.75 Å². The van der Waals surface area contributed by atoms with Gasteiger partial charge in [0.1, 0.15) is 17.4 Å². The van der Waals surface area contributed by atoms with Crippen molar-refractivity contribution < 1.29 is 21.9 Å². The topological polar surface area (TPSA) is 46.6 Å². The van der Waals surface area contributed by atoms with E-state index in [0.29, 0.717) is 23.0 Å². The highest BCUT2D eigenvalue weighted by Crippen LogP contribution is 2.23. The van der Waals surface area contributed by atoms with Crippen LogP contribution in [0.4, 0.5) is 8.78 Å². The summed E-state index contributed by atoms with van der Waals surface area (Å²) in [7, 11) is -0.534. The average molecular weight is 373 g/mol. The summed E-state index contributed by atoms with van der Waals surface area (Å²) < 4.78 is 56.8. The molecule has 0 bridgehead atoms. The number of benzene rings is 2. The van der Waals surface area contributed by atoms with E-state index in [4.69, 9.17) is 4.74 Å². The summed E-state index contributed by atoms with van der Waals surface area (Å²) in [6, 6.07) is 9.51. The lowest BCUT2D eigenvalue weighted by atomic mass is 10.3. The van der Waals surface area contributed by atoms with Crippen LogP contribution in [0.1, 0.15) is 0 Å². The van der Waals surface area contributed by atoms with Gasteiger partial charge in [0.25, 0.3) is 0 Å². The number of sulfonamides is 1. The molecule has 0 saturated carbocycles. The van der Waals surface area contributed by atoms with E-state index in [9.17, 15) is 17.2 Å². The molecule has 0 radical (unpaired) electrons. The van der Waals surface area contributed by atoms with Crippen LogP contribution in [0.2, 0.25) is 0 Å². The molecule has 24 heavy (non-hydrogen) atoms. The Balaban J connectivity index is 1.87. The molecular formula is C16H17F2NO3S2. The zero-order chi connectivity index (χ0) is 17.7. The maximum absolute atomic E-state index is 13.5. The number of nitrogens with zero attached hydrogens (tertiary/aromatic N) is 1. The van der Waals surface area contributed by atoms with Crippen molar-refractivity contribution in [3.63, 3.8) is 0 Å². The van der Waals surface area contributed by atoms with Gasteiger partial charge in [0.15, 0.2) is 0 Å². The molecule has 0 unspecified atom stereocenters. The second-order valence-corrected chi connectivity index (χ2v) is 8.32. The lowest BCUT2D eigenvalue weighted by Gasteiger charge is -2.12. The van der Waals surface area contributed by atoms with Gasteiger partial charge < -0.3 is 4.74 Å². The molecule has 0 atom stereocenters.